The molecule has 0 aromatic carbocycles. The van der Waals surface area contributed by atoms with Gasteiger partial charge in [0.2, 0.25) is 0 Å². The largest absolute Gasteiger partial charge is 0.325 e. The number of hydrogen-bond donors (Lipinski definition) is 1. The van der Waals surface area contributed by atoms with Crippen LogP contribution in [0, 0.1) is 5.92 Å². The molecule has 0 aliphatic heterocycles. The standard InChI is InChI=1S/C10H17N3S/c1-3-8(2)7-14-10-12-5-4-9(6-11)13-10/h4-5,8H,3,6-7,11H2,1-2H3. The number of thioether (sulfide) groups is 1. The third kappa shape index (κ3) is 3.64. The second-order valence-electron chi connectivity index (χ2n) is 3.36. The molecule has 2 N–H and O–H groups in total. The summed E-state index contributed by atoms with van der Waals surface area (Å²) in [6, 6.07) is 1.85. The molecule has 0 aliphatic carbocycles. The van der Waals surface area contributed by atoms with E-state index in [1.807, 2.05) is 6.07 Å². The summed E-state index contributed by atoms with van der Waals surface area (Å²) in [5, 5.41) is 0.841. The Hall–Kier alpha value is -0.610. The molecule has 78 valence electrons. The number of rotatable bonds is 5. The average Bonchev–Trinajstić information content (AvgIpc) is 2.26. The van der Waals surface area contributed by atoms with E-state index in [0.29, 0.717) is 12.5 Å². The predicted octanol–water partition coefficient (Wildman–Crippen LogP) is 2.07. The minimum absolute atomic E-state index is 0.486. The summed E-state index contributed by atoms with van der Waals surface area (Å²) in [5.41, 5.74) is 6.41. The van der Waals surface area contributed by atoms with Gasteiger partial charge >= 0.3 is 0 Å². The first-order chi connectivity index (χ1) is 6.76. The molecule has 1 aromatic rings. The zero-order valence-corrected chi connectivity index (χ0v) is 9.55. The average molecular weight is 211 g/mol. The number of nitrogens with zero attached hydrogens (tertiary/aromatic N) is 2. The van der Waals surface area contributed by atoms with E-state index in [9.17, 15) is 0 Å². The molecule has 0 amide bonds. The van der Waals surface area contributed by atoms with E-state index in [4.69, 9.17) is 5.73 Å². The van der Waals surface area contributed by atoms with Crippen LogP contribution in [0.1, 0.15) is 26.0 Å². The Morgan fingerprint density at radius 3 is 3.00 bits per heavy atom. The van der Waals surface area contributed by atoms with E-state index in [1.165, 1.54) is 6.42 Å². The lowest BCUT2D eigenvalue weighted by Gasteiger charge is -2.06. The molecule has 3 nitrogen and oxygen atoms in total. The van der Waals surface area contributed by atoms with Crippen molar-refractivity contribution in [1.82, 2.24) is 9.97 Å². The van der Waals surface area contributed by atoms with Crippen LogP contribution in [0.5, 0.6) is 0 Å². The van der Waals surface area contributed by atoms with Crippen LogP contribution in [0.2, 0.25) is 0 Å². The molecule has 0 saturated carbocycles. The molecular formula is C10H17N3S. The monoisotopic (exact) mass is 211 g/mol. The lowest BCUT2D eigenvalue weighted by atomic mass is 10.2. The molecule has 1 aromatic heterocycles. The van der Waals surface area contributed by atoms with Gasteiger partial charge in [-0.05, 0) is 12.0 Å². The maximum absolute atomic E-state index is 5.50. The first-order valence-electron chi connectivity index (χ1n) is 4.91. The molecule has 1 unspecified atom stereocenters. The van der Waals surface area contributed by atoms with E-state index >= 15 is 0 Å². The Morgan fingerprint density at radius 2 is 2.36 bits per heavy atom. The highest BCUT2D eigenvalue weighted by atomic mass is 32.2. The van der Waals surface area contributed by atoms with Gasteiger partial charge in [-0.2, -0.15) is 0 Å². The lowest BCUT2D eigenvalue weighted by Crippen LogP contribution is -2.02. The van der Waals surface area contributed by atoms with Gasteiger partial charge in [-0.25, -0.2) is 9.97 Å². The lowest BCUT2D eigenvalue weighted by molar-refractivity contribution is 0.635. The van der Waals surface area contributed by atoms with Crippen LogP contribution in [-0.2, 0) is 6.54 Å². The summed E-state index contributed by atoms with van der Waals surface area (Å²) in [6.45, 7) is 4.92. The fourth-order valence-electron chi connectivity index (χ4n) is 0.894. The van der Waals surface area contributed by atoms with Crippen LogP contribution < -0.4 is 5.73 Å². The summed E-state index contributed by atoms with van der Waals surface area (Å²) >= 11 is 1.70. The minimum atomic E-state index is 0.486. The molecule has 4 heteroatoms. The van der Waals surface area contributed by atoms with Gasteiger partial charge in [0.15, 0.2) is 5.16 Å². The summed E-state index contributed by atoms with van der Waals surface area (Å²) in [5.74, 6) is 1.79. The summed E-state index contributed by atoms with van der Waals surface area (Å²) in [6.07, 6.45) is 2.97. The third-order valence-corrected chi connectivity index (χ3v) is 3.28. The number of hydrogen-bond acceptors (Lipinski definition) is 4. The van der Waals surface area contributed by atoms with Crippen LogP contribution in [0.15, 0.2) is 17.4 Å². The van der Waals surface area contributed by atoms with E-state index < -0.39 is 0 Å². The predicted molar refractivity (Wildman–Crippen MR) is 60.1 cm³/mol. The van der Waals surface area contributed by atoms with Gasteiger partial charge < -0.3 is 5.73 Å². The first kappa shape index (κ1) is 11.5. The van der Waals surface area contributed by atoms with Gasteiger partial charge in [-0.1, -0.05) is 32.0 Å². The molecule has 0 fully saturated rings. The van der Waals surface area contributed by atoms with Gasteiger partial charge in [0.05, 0.1) is 5.69 Å². The third-order valence-electron chi connectivity index (χ3n) is 2.09. The topological polar surface area (TPSA) is 51.8 Å². The molecule has 1 heterocycles. The summed E-state index contributed by atoms with van der Waals surface area (Å²) in [4.78, 5) is 8.51. The van der Waals surface area contributed by atoms with Crippen LogP contribution in [-0.4, -0.2) is 15.7 Å². The zero-order valence-electron chi connectivity index (χ0n) is 8.73. The van der Waals surface area contributed by atoms with E-state index in [-0.39, 0.29) is 0 Å². The maximum atomic E-state index is 5.50. The van der Waals surface area contributed by atoms with E-state index in [1.54, 1.807) is 18.0 Å². The molecule has 0 spiro atoms. The van der Waals surface area contributed by atoms with Crippen LogP contribution in [0.3, 0.4) is 0 Å². The van der Waals surface area contributed by atoms with Gasteiger partial charge in [0.25, 0.3) is 0 Å². The minimum Gasteiger partial charge on any atom is -0.325 e. The van der Waals surface area contributed by atoms with E-state index in [0.717, 1.165) is 16.6 Å². The fourth-order valence-corrected chi connectivity index (χ4v) is 1.88. The van der Waals surface area contributed by atoms with Crippen molar-refractivity contribution in [3.63, 3.8) is 0 Å². The van der Waals surface area contributed by atoms with Crippen LogP contribution in [0.25, 0.3) is 0 Å². The number of aromatic nitrogens is 2. The highest BCUT2D eigenvalue weighted by Gasteiger charge is 2.03. The second-order valence-corrected chi connectivity index (χ2v) is 4.35. The van der Waals surface area contributed by atoms with Crippen molar-refractivity contribution in [2.45, 2.75) is 32.0 Å². The highest BCUT2D eigenvalue weighted by molar-refractivity contribution is 7.99. The van der Waals surface area contributed by atoms with Gasteiger partial charge in [-0.3, -0.25) is 0 Å². The Balaban J connectivity index is 2.50. The molecule has 1 rings (SSSR count). The Kier molecular flexibility index (Phi) is 4.90. The van der Waals surface area contributed by atoms with Crippen molar-refractivity contribution < 1.29 is 0 Å². The van der Waals surface area contributed by atoms with Crippen molar-refractivity contribution in [2.75, 3.05) is 5.75 Å². The first-order valence-corrected chi connectivity index (χ1v) is 5.89. The zero-order chi connectivity index (χ0) is 10.4. The summed E-state index contributed by atoms with van der Waals surface area (Å²) < 4.78 is 0. The van der Waals surface area contributed by atoms with Crippen LogP contribution in [0.4, 0.5) is 0 Å². The summed E-state index contributed by atoms with van der Waals surface area (Å²) in [7, 11) is 0. The van der Waals surface area contributed by atoms with Crippen LogP contribution >= 0.6 is 11.8 Å². The van der Waals surface area contributed by atoms with Crippen molar-refractivity contribution in [2.24, 2.45) is 11.7 Å². The highest BCUT2D eigenvalue weighted by Crippen LogP contribution is 2.17. The molecule has 0 saturated heterocycles. The van der Waals surface area contributed by atoms with Gasteiger partial charge in [0.1, 0.15) is 0 Å². The molecule has 0 bridgehead atoms. The smallest absolute Gasteiger partial charge is 0.187 e. The molecule has 14 heavy (non-hydrogen) atoms. The molecule has 0 aliphatic rings. The second kappa shape index (κ2) is 5.98. The van der Waals surface area contributed by atoms with Crippen molar-refractivity contribution in [3.05, 3.63) is 18.0 Å². The number of nitrogens with two attached hydrogens (primary N) is 1. The Labute approximate surface area is 89.5 Å². The molecular weight excluding hydrogens is 194 g/mol. The molecule has 0 radical (unpaired) electrons. The Bertz CT molecular complexity index is 278. The van der Waals surface area contributed by atoms with Crippen molar-refractivity contribution in [3.8, 4) is 0 Å². The quantitative estimate of drug-likeness (QED) is 0.598. The van der Waals surface area contributed by atoms with Gasteiger partial charge in [0, 0.05) is 18.5 Å². The Morgan fingerprint density at radius 1 is 1.57 bits per heavy atom. The van der Waals surface area contributed by atoms with Crippen molar-refractivity contribution in [1.29, 1.82) is 0 Å². The van der Waals surface area contributed by atoms with Gasteiger partial charge in [-0.15, -0.1) is 0 Å². The maximum Gasteiger partial charge on any atom is 0.187 e. The fraction of sp³-hybridized carbons (Fsp3) is 0.600. The van der Waals surface area contributed by atoms with E-state index in [2.05, 4.69) is 23.8 Å². The molecule has 1 atom stereocenters. The SMILES string of the molecule is CCC(C)CSc1nccc(CN)n1. The van der Waals surface area contributed by atoms with Crippen molar-refractivity contribution >= 4 is 11.8 Å². The normalized spacial score (nSPS) is 12.8.